The standard InChI is InChI=1S/C27H23N5O3/c1-28-26(33)24-17-22(14-15-29-24)35-21-12-13-25-23(16-21)31-27(32(25)2)30-18-8-10-20(11-9-18)34-19-6-4-3-5-7-19/h3-17H,1-2H3,(H,28,33)(H,30,31). The van der Waals surface area contributed by atoms with Crippen molar-refractivity contribution in [1.82, 2.24) is 19.9 Å². The lowest BCUT2D eigenvalue weighted by molar-refractivity contribution is 0.0958. The Balaban J connectivity index is 1.32. The maximum absolute atomic E-state index is 11.8. The predicted octanol–water partition coefficient (Wildman–Crippen LogP) is 5.66. The lowest BCUT2D eigenvalue weighted by Crippen LogP contribution is -2.18. The summed E-state index contributed by atoms with van der Waals surface area (Å²) in [7, 11) is 3.51. The average molecular weight is 466 g/mol. The van der Waals surface area contributed by atoms with E-state index in [0.29, 0.717) is 17.4 Å². The molecule has 0 saturated carbocycles. The number of ether oxygens (including phenoxy) is 2. The van der Waals surface area contributed by atoms with Gasteiger partial charge in [0.15, 0.2) is 0 Å². The highest BCUT2D eigenvalue weighted by atomic mass is 16.5. The SMILES string of the molecule is CNC(=O)c1cc(Oc2ccc3c(c2)nc(Nc2ccc(Oc4ccccc4)cc2)n3C)ccn1. The van der Waals surface area contributed by atoms with Crippen LogP contribution in [0.4, 0.5) is 11.6 Å². The molecule has 2 heterocycles. The fraction of sp³-hybridized carbons (Fsp3) is 0.0741. The minimum Gasteiger partial charge on any atom is -0.457 e. The van der Waals surface area contributed by atoms with Gasteiger partial charge in [0.2, 0.25) is 5.95 Å². The largest absolute Gasteiger partial charge is 0.457 e. The zero-order valence-electron chi connectivity index (χ0n) is 19.2. The fourth-order valence-corrected chi connectivity index (χ4v) is 3.58. The molecule has 3 aromatic carbocycles. The van der Waals surface area contributed by atoms with Crippen LogP contribution >= 0.6 is 0 Å². The lowest BCUT2D eigenvalue weighted by Gasteiger charge is -2.09. The molecule has 35 heavy (non-hydrogen) atoms. The van der Waals surface area contributed by atoms with E-state index < -0.39 is 0 Å². The van der Waals surface area contributed by atoms with Crippen molar-refractivity contribution in [2.75, 3.05) is 12.4 Å². The normalized spacial score (nSPS) is 10.7. The van der Waals surface area contributed by atoms with Crippen molar-refractivity contribution in [1.29, 1.82) is 0 Å². The smallest absolute Gasteiger partial charge is 0.269 e. The summed E-state index contributed by atoms with van der Waals surface area (Å²) in [5, 5.41) is 5.91. The summed E-state index contributed by atoms with van der Waals surface area (Å²) >= 11 is 0. The zero-order valence-corrected chi connectivity index (χ0v) is 19.2. The lowest BCUT2D eigenvalue weighted by atomic mass is 10.3. The van der Waals surface area contributed by atoms with Gasteiger partial charge in [0.05, 0.1) is 11.0 Å². The number of amides is 1. The van der Waals surface area contributed by atoms with Gasteiger partial charge in [0.25, 0.3) is 5.91 Å². The third kappa shape index (κ3) is 4.91. The molecule has 2 aromatic heterocycles. The van der Waals surface area contributed by atoms with Crippen LogP contribution in [0.3, 0.4) is 0 Å². The van der Waals surface area contributed by atoms with Gasteiger partial charge in [-0.15, -0.1) is 0 Å². The van der Waals surface area contributed by atoms with E-state index in [1.807, 2.05) is 84.4 Å². The first-order valence-corrected chi connectivity index (χ1v) is 11.0. The molecule has 0 spiro atoms. The van der Waals surface area contributed by atoms with Gasteiger partial charge in [-0.25, -0.2) is 4.98 Å². The van der Waals surface area contributed by atoms with E-state index in [1.54, 1.807) is 19.2 Å². The Morgan fingerprint density at radius 3 is 2.29 bits per heavy atom. The minimum absolute atomic E-state index is 0.272. The summed E-state index contributed by atoms with van der Waals surface area (Å²) in [6, 6.07) is 26.3. The van der Waals surface area contributed by atoms with Gasteiger partial charge in [-0.3, -0.25) is 9.78 Å². The predicted molar refractivity (Wildman–Crippen MR) is 135 cm³/mol. The summed E-state index contributed by atoms with van der Waals surface area (Å²) < 4.78 is 13.8. The Labute approximate surface area is 202 Å². The van der Waals surface area contributed by atoms with Crippen LogP contribution in [0.5, 0.6) is 23.0 Å². The maximum atomic E-state index is 11.8. The van der Waals surface area contributed by atoms with Crippen molar-refractivity contribution in [2.24, 2.45) is 7.05 Å². The van der Waals surface area contributed by atoms with Crippen molar-refractivity contribution in [3.8, 4) is 23.0 Å². The van der Waals surface area contributed by atoms with Crippen molar-refractivity contribution in [3.63, 3.8) is 0 Å². The number of aryl methyl sites for hydroxylation is 1. The molecule has 0 aliphatic carbocycles. The summed E-state index contributed by atoms with van der Waals surface area (Å²) in [5.41, 5.74) is 2.90. The number of rotatable bonds is 7. The van der Waals surface area contributed by atoms with Crippen molar-refractivity contribution in [3.05, 3.63) is 96.8 Å². The molecule has 1 amide bonds. The van der Waals surface area contributed by atoms with Crippen LogP contribution in [0.25, 0.3) is 11.0 Å². The third-order valence-corrected chi connectivity index (χ3v) is 5.37. The highest BCUT2D eigenvalue weighted by molar-refractivity contribution is 5.92. The first-order chi connectivity index (χ1) is 17.1. The van der Waals surface area contributed by atoms with Crippen molar-refractivity contribution in [2.45, 2.75) is 0 Å². The van der Waals surface area contributed by atoms with E-state index >= 15 is 0 Å². The van der Waals surface area contributed by atoms with Crippen molar-refractivity contribution >= 4 is 28.6 Å². The van der Waals surface area contributed by atoms with Gasteiger partial charge in [0.1, 0.15) is 28.7 Å². The van der Waals surface area contributed by atoms with E-state index in [-0.39, 0.29) is 11.6 Å². The molecule has 0 radical (unpaired) electrons. The van der Waals surface area contributed by atoms with Crippen LogP contribution in [-0.4, -0.2) is 27.5 Å². The van der Waals surface area contributed by atoms with E-state index in [0.717, 1.165) is 28.2 Å². The Hall–Kier alpha value is -4.85. The molecule has 5 aromatic rings. The number of carbonyl (C=O) groups is 1. The second-order valence-electron chi connectivity index (χ2n) is 7.77. The Morgan fingerprint density at radius 2 is 1.51 bits per heavy atom. The first-order valence-electron chi connectivity index (χ1n) is 11.0. The Bertz CT molecular complexity index is 1480. The number of nitrogens with zero attached hydrogens (tertiary/aromatic N) is 3. The molecule has 0 bridgehead atoms. The van der Waals surface area contributed by atoms with Gasteiger partial charge in [-0.05, 0) is 54.6 Å². The number of pyridine rings is 1. The molecule has 0 atom stereocenters. The zero-order chi connectivity index (χ0) is 24.2. The molecular weight excluding hydrogens is 442 g/mol. The van der Waals surface area contributed by atoms with E-state index in [2.05, 4.69) is 15.6 Å². The van der Waals surface area contributed by atoms with Crippen LogP contribution in [-0.2, 0) is 7.05 Å². The molecule has 0 saturated heterocycles. The van der Waals surface area contributed by atoms with Crippen LogP contribution < -0.4 is 20.1 Å². The quantitative estimate of drug-likeness (QED) is 0.323. The van der Waals surface area contributed by atoms with Gasteiger partial charge >= 0.3 is 0 Å². The van der Waals surface area contributed by atoms with Crippen LogP contribution in [0.1, 0.15) is 10.5 Å². The second kappa shape index (κ2) is 9.56. The van der Waals surface area contributed by atoms with E-state index in [1.165, 1.54) is 6.20 Å². The number of nitrogens with one attached hydrogen (secondary N) is 2. The molecule has 0 aliphatic heterocycles. The molecule has 174 valence electrons. The number of aromatic nitrogens is 3. The number of benzene rings is 3. The number of anilines is 2. The number of fused-ring (bicyclic) bond motifs is 1. The molecule has 8 nitrogen and oxygen atoms in total. The Kier molecular flexibility index (Phi) is 6.00. The molecule has 0 unspecified atom stereocenters. The first kappa shape index (κ1) is 22.0. The molecular formula is C27H23N5O3. The molecule has 8 heteroatoms. The summed E-state index contributed by atoms with van der Waals surface area (Å²) in [6.07, 6.45) is 1.54. The van der Waals surface area contributed by atoms with Crippen molar-refractivity contribution < 1.29 is 14.3 Å². The fourth-order valence-electron chi connectivity index (χ4n) is 3.58. The summed E-state index contributed by atoms with van der Waals surface area (Å²) in [5.74, 6) is 3.09. The number of hydrogen-bond donors (Lipinski definition) is 2. The van der Waals surface area contributed by atoms with Gasteiger partial charge < -0.3 is 24.7 Å². The summed E-state index contributed by atoms with van der Waals surface area (Å²) in [6.45, 7) is 0. The van der Waals surface area contributed by atoms with Crippen LogP contribution in [0.2, 0.25) is 0 Å². The number of imidazole rings is 1. The monoisotopic (exact) mass is 465 g/mol. The molecule has 5 rings (SSSR count). The van der Waals surface area contributed by atoms with E-state index in [9.17, 15) is 4.79 Å². The highest BCUT2D eigenvalue weighted by Crippen LogP contribution is 2.29. The number of para-hydroxylation sites is 1. The third-order valence-electron chi connectivity index (χ3n) is 5.37. The number of carbonyl (C=O) groups excluding carboxylic acids is 1. The van der Waals surface area contributed by atoms with E-state index in [4.69, 9.17) is 14.5 Å². The minimum atomic E-state index is -0.272. The maximum Gasteiger partial charge on any atom is 0.269 e. The molecule has 2 N–H and O–H groups in total. The highest BCUT2D eigenvalue weighted by Gasteiger charge is 2.11. The molecule has 0 aliphatic rings. The van der Waals surface area contributed by atoms with Gasteiger partial charge in [0, 0.05) is 38.1 Å². The average Bonchev–Trinajstić information content (AvgIpc) is 3.19. The topological polar surface area (TPSA) is 90.3 Å². The van der Waals surface area contributed by atoms with Crippen LogP contribution in [0.15, 0.2) is 91.1 Å². The van der Waals surface area contributed by atoms with Gasteiger partial charge in [-0.1, -0.05) is 18.2 Å². The second-order valence-corrected chi connectivity index (χ2v) is 7.77. The Morgan fingerprint density at radius 1 is 0.829 bits per heavy atom. The van der Waals surface area contributed by atoms with Crippen LogP contribution in [0, 0.1) is 0 Å². The number of hydrogen-bond acceptors (Lipinski definition) is 6. The summed E-state index contributed by atoms with van der Waals surface area (Å²) in [4.78, 5) is 20.6. The molecule has 0 fully saturated rings. The van der Waals surface area contributed by atoms with Gasteiger partial charge in [-0.2, -0.15) is 0 Å².